The van der Waals surface area contributed by atoms with Crippen LogP contribution in [0.2, 0.25) is 0 Å². The molecule has 0 radical (unpaired) electrons. The summed E-state index contributed by atoms with van der Waals surface area (Å²) >= 11 is 0. The average Bonchev–Trinajstić information content (AvgIpc) is 2.29. The zero-order valence-electron chi connectivity index (χ0n) is 10.2. The molecular formula is C13H20N2O. The Morgan fingerprint density at radius 1 is 1.44 bits per heavy atom. The maximum absolute atomic E-state index is 11.7. The predicted octanol–water partition coefficient (Wildman–Crippen LogP) is 2.39. The fourth-order valence-electron chi connectivity index (χ4n) is 1.41. The van der Waals surface area contributed by atoms with E-state index in [0.29, 0.717) is 0 Å². The Balaban J connectivity index is 2.66. The van der Waals surface area contributed by atoms with E-state index in [1.807, 2.05) is 45.2 Å². The summed E-state index contributed by atoms with van der Waals surface area (Å²) in [7, 11) is 1.91. The van der Waals surface area contributed by atoms with Crippen molar-refractivity contribution >= 4 is 11.6 Å². The number of rotatable bonds is 5. The lowest BCUT2D eigenvalue weighted by Crippen LogP contribution is -2.19. The number of hydrogen-bond donors (Lipinski definition) is 2. The molecule has 3 heteroatoms. The summed E-state index contributed by atoms with van der Waals surface area (Å²) in [6, 6.07) is 7.91. The van der Waals surface area contributed by atoms with Gasteiger partial charge in [0.2, 0.25) is 5.91 Å². The van der Waals surface area contributed by atoms with E-state index in [9.17, 15) is 4.79 Å². The SMILES string of the molecule is CCC(C)C(=O)Nc1cccc(CNC)c1. The molecule has 0 saturated carbocycles. The molecule has 88 valence electrons. The maximum atomic E-state index is 11.7. The van der Waals surface area contributed by atoms with Crippen molar-refractivity contribution < 1.29 is 4.79 Å². The molecule has 1 rings (SSSR count). The Labute approximate surface area is 97.2 Å². The number of nitrogens with one attached hydrogen (secondary N) is 2. The van der Waals surface area contributed by atoms with Gasteiger partial charge < -0.3 is 10.6 Å². The van der Waals surface area contributed by atoms with Crippen molar-refractivity contribution in [3.63, 3.8) is 0 Å². The van der Waals surface area contributed by atoms with Gasteiger partial charge in [0.1, 0.15) is 0 Å². The summed E-state index contributed by atoms with van der Waals surface area (Å²) in [5, 5.41) is 6.01. The fraction of sp³-hybridized carbons (Fsp3) is 0.462. The molecule has 0 aromatic heterocycles. The van der Waals surface area contributed by atoms with Crippen LogP contribution in [0.15, 0.2) is 24.3 Å². The van der Waals surface area contributed by atoms with Crippen molar-refractivity contribution in [3.8, 4) is 0 Å². The Bertz CT molecular complexity index is 350. The van der Waals surface area contributed by atoms with Crippen LogP contribution in [0, 0.1) is 5.92 Å². The van der Waals surface area contributed by atoms with Crippen LogP contribution >= 0.6 is 0 Å². The largest absolute Gasteiger partial charge is 0.326 e. The summed E-state index contributed by atoms with van der Waals surface area (Å²) in [5.41, 5.74) is 2.04. The molecule has 0 aliphatic rings. The predicted molar refractivity (Wildman–Crippen MR) is 67.3 cm³/mol. The van der Waals surface area contributed by atoms with E-state index in [1.54, 1.807) is 0 Å². The average molecular weight is 220 g/mol. The van der Waals surface area contributed by atoms with Crippen LogP contribution in [-0.4, -0.2) is 13.0 Å². The standard InChI is InChI=1S/C13H20N2O/c1-4-10(2)13(16)15-12-7-5-6-11(8-12)9-14-3/h5-8,10,14H,4,9H2,1-3H3,(H,15,16). The monoisotopic (exact) mass is 220 g/mol. The highest BCUT2D eigenvalue weighted by atomic mass is 16.1. The number of carbonyl (C=O) groups is 1. The van der Waals surface area contributed by atoms with Gasteiger partial charge in [0.05, 0.1) is 0 Å². The Hall–Kier alpha value is -1.35. The van der Waals surface area contributed by atoms with Gasteiger partial charge in [0, 0.05) is 18.2 Å². The van der Waals surface area contributed by atoms with E-state index in [1.165, 1.54) is 5.56 Å². The molecule has 1 aromatic rings. The fourth-order valence-corrected chi connectivity index (χ4v) is 1.41. The molecule has 3 nitrogen and oxygen atoms in total. The van der Waals surface area contributed by atoms with Gasteiger partial charge in [0.25, 0.3) is 0 Å². The summed E-state index contributed by atoms with van der Waals surface area (Å²) in [5.74, 6) is 0.150. The third-order valence-corrected chi connectivity index (χ3v) is 2.64. The molecule has 16 heavy (non-hydrogen) atoms. The minimum absolute atomic E-state index is 0.0629. The molecule has 0 aliphatic heterocycles. The van der Waals surface area contributed by atoms with E-state index >= 15 is 0 Å². The number of carbonyl (C=O) groups excluding carboxylic acids is 1. The summed E-state index contributed by atoms with van der Waals surface area (Å²) in [4.78, 5) is 11.7. The topological polar surface area (TPSA) is 41.1 Å². The van der Waals surface area contributed by atoms with Gasteiger partial charge in [-0.3, -0.25) is 4.79 Å². The Morgan fingerprint density at radius 3 is 2.81 bits per heavy atom. The van der Waals surface area contributed by atoms with Crippen LogP contribution < -0.4 is 10.6 Å². The number of amides is 1. The van der Waals surface area contributed by atoms with E-state index in [4.69, 9.17) is 0 Å². The molecule has 1 amide bonds. The van der Waals surface area contributed by atoms with Gasteiger partial charge in [-0.15, -0.1) is 0 Å². The van der Waals surface area contributed by atoms with E-state index in [0.717, 1.165) is 18.7 Å². The first-order valence-electron chi connectivity index (χ1n) is 5.71. The number of hydrogen-bond acceptors (Lipinski definition) is 2. The van der Waals surface area contributed by atoms with Crippen LogP contribution in [0.1, 0.15) is 25.8 Å². The second-order valence-corrected chi connectivity index (χ2v) is 4.03. The highest BCUT2D eigenvalue weighted by Crippen LogP contribution is 2.12. The lowest BCUT2D eigenvalue weighted by atomic mass is 10.1. The van der Waals surface area contributed by atoms with Crippen molar-refractivity contribution in [2.24, 2.45) is 5.92 Å². The van der Waals surface area contributed by atoms with Crippen molar-refractivity contribution in [1.82, 2.24) is 5.32 Å². The van der Waals surface area contributed by atoms with Crippen molar-refractivity contribution in [1.29, 1.82) is 0 Å². The molecule has 1 unspecified atom stereocenters. The van der Waals surface area contributed by atoms with E-state index in [-0.39, 0.29) is 11.8 Å². The maximum Gasteiger partial charge on any atom is 0.227 e. The minimum atomic E-state index is 0.0629. The molecule has 0 saturated heterocycles. The molecule has 0 heterocycles. The van der Waals surface area contributed by atoms with Gasteiger partial charge in [-0.2, -0.15) is 0 Å². The quantitative estimate of drug-likeness (QED) is 0.800. The molecule has 1 aromatic carbocycles. The van der Waals surface area contributed by atoms with Crippen molar-refractivity contribution in [2.75, 3.05) is 12.4 Å². The van der Waals surface area contributed by atoms with Gasteiger partial charge in [-0.05, 0) is 31.2 Å². The highest BCUT2D eigenvalue weighted by Gasteiger charge is 2.10. The van der Waals surface area contributed by atoms with E-state index in [2.05, 4.69) is 10.6 Å². The highest BCUT2D eigenvalue weighted by molar-refractivity contribution is 5.92. The van der Waals surface area contributed by atoms with Crippen LogP contribution in [0.3, 0.4) is 0 Å². The van der Waals surface area contributed by atoms with Crippen LogP contribution in [0.4, 0.5) is 5.69 Å². The Kier molecular flexibility index (Phi) is 4.99. The van der Waals surface area contributed by atoms with Crippen molar-refractivity contribution in [3.05, 3.63) is 29.8 Å². The summed E-state index contributed by atoms with van der Waals surface area (Å²) < 4.78 is 0. The van der Waals surface area contributed by atoms with Crippen LogP contribution in [0.5, 0.6) is 0 Å². The third kappa shape index (κ3) is 3.66. The molecule has 1 atom stereocenters. The minimum Gasteiger partial charge on any atom is -0.326 e. The van der Waals surface area contributed by atoms with Gasteiger partial charge in [0.15, 0.2) is 0 Å². The molecule has 0 spiro atoms. The van der Waals surface area contributed by atoms with Crippen LogP contribution in [-0.2, 0) is 11.3 Å². The normalized spacial score (nSPS) is 12.2. The molecule has 0 bridgehead atoms. The number of anilines is 1. The third-order valence-electron chi connectivity index (χ3n) is 2.64. The van der Waals surface area contributed by atoms with E-state index < -0.39 is 0 Å². The second-order valence-electron chi connectivity index (χ2n) is 4.03. The van der Waals surface area contributed by atoms with Crippen molar-refractivity contribution in [2.45, 2.75) is 26.8 Å². The smallest absolute Gasteiger partial charge is 0.227 e. The summed E-state index contributed by atoms with van der Waals surface area (Å²) in [6.45, 7) is 4.77. The zero-order valence-corrected chi connectivity index (χ0v) is 10.2. The molecular weight excluding hydrogens is 200 g/mol. The first kappa shape index (κ1) is 12.7. The van der Waals surface area contributed by atoms with Gasteiger partial charge in [-0.25, -0.2) is 0 Å². The Morgan fingerprint density at radius 2 is 2.19 bits per heavy atom. The molecule has 0 fully saturated rings. The molecule has 0 aliphatic carbocycles. The van der Waals surface area contributed by atoms with Crippen LogP contribution in [0.25, 0.3) is 0 Å². The first-order chi connectivity index (χ1) is 7.67. The second kappa shape index (κ2) is 6.28. The van der Waals surface area contributed by atoms with Gasteiger partial charge >= 0.3 is 0 Å². The lowest BCUT2D eigenvalue weighted by Gasteiger charge is -2.10. The summed E-state index contributed by atoms with van der Waals surface area (Å²) in [6.07, 6.45) is 0.863. The van der Waals surface area contributed by atoms with Gasteiger partial charge in [-0.1, -0.05) is 26.0 Å². The molecule has 2 N–H and O–H groups in total. The lowest BCUT2D eigenvalue weighted by molar-refractivity contribution is -0.119. The zero-order chi connectivity index (χ0) is 12.0. The number of benzene rings is 1. The first-order valence-corrected chi connectivity index (χ1v) is 5.71.